The van der Waals surface area contributed by atoms with Crippen LogP contribution >= 0.6 is 0 Å². The Morgan fingerprint density at radius 2 is 1.96 bits per heavy atom. The molecule has 2 aromatic carbocycles. The van der Waals surface area contributed by atoms with Gasteiger partial charge < -0.3 is 14.5 Å². The molecular formula is C19H17NO3. The first kappa shape index (κ1) is 14.9. The minimum atomic E-state index is -0.387. The van der Waals surface area contributed by atoms with Crippen molar-refractivity contribution < 1.29 is 14.3 Å². The minimum Gasteiger partial charge on any atom is -0.488 e. The van der Waals surface area contributed by atoms with Crippen LogP contribution in [0.5, 0.6) is 5.75 Å². The van der Waals surface area contributed by atoms with Crippen molar-refractivity contribution in [2.24, 2.45) is 0 Å². The number of fused-ring (bicyclic) bond motifs is 1. The largest absolute Gasteiger partial charge is 0.488 e. The van der Waals surface area contributed by atoms with Crippen LogP contribution in [0.2, 0.25) is 0 Å². The van der Waals surface area contributed by atoms with Gasteiger partial charge in [0.2, 0.25) is 0 Å². The average Bonchev–Trinajstić information content (AvgIpc) is 3.02. The van der Waals surface area contributed by atoms with E-state index in [0.717, 1.165) is 27.8 Å². The smallest absolute Gasteiger partial charge is 0.330 e. The van der Waals surface area contributed by atoms with E-state index in [0.29, 0.717) is 6.61 Å². The number of rotatable bonds is 5. The van der Waals surface area contributed by atoms with E-state index >= 15 is 0 Å². The Labute approximate surface area is 134 Å². The molecule has 4 nitrogen and oxygen atoms in total. The van der Waals surface area contributed by atoms with Crippen LogP contribution in [0.4, 0.5) is 0 Å². The van der Waals surface area contributed by atoms with E-state index in [1.54, 1.807) is 6.08 Å². The van der Waals surface area contributed by atoms with Crippen molar-refractivity contribution in [3.63, 3.8) is 0 Å². The van der Waals surface area contributed by atoms with Gasteiger partial charge in [0.05, 0.1) is 7.11 Å². The van der Waals surface area contributed by atoms with Gasteiger partial charge in [-0.15, -0.1) is 0 Å². The number of esters is 1. The second-order valence-electron chi connectivity index (χ2n) is 5.05. The second kappa shape index (κ2) is 6.83. The van der Waals surface area contributed by atoms with Gasteiger partial charge in [-0.2, -0.15) is 0 Å². The maximum absolute atomic E-state index is 11.3. The first-order valence-corrected chi connectivity index (χ1v) is 7.31. The zero-order chi connectivity index (χ0) is 16.1. The first-order chi connectivity index (χ1) is 11.3. The lowest BCUT2D eigenvalue weighted by molar-refractivity contribution is -0.134. The number of hydrogen-bond donors (Lipinski definition) is 1. The summed E-state index contributed by atoms with van der Waals surface area (Å²) in [6.07, 6.45) is 4.97. The third kappa shape index (κ3) is 3.43. The molecule has 1 N–H and O–H groups in total. The molecule has 3 rings (SSSR count). The van der Waals surface area contributed by atoms with Gasteiger partial charge in [0.25, 0.3) is 0 Å². The number of aromatic nitrogens is 1. The van der Waals surface area contributed by atoms with Crippen molar-refractivity contribution in [2.75, 3.05) is 7.11 Å². The summed E-state index contributed by atoms with van der Waals surface area (Å²) in [7, 11) is 1.36. The van der Waals surface area contributed by atoms with Crippen molar-refractivity contribution in [1.29, 1.82) is 0 Å². The highest BCUT2D eigenvalue weighted by Gasteiger charge is 2.08. The summed E-state index contributed by atoms with van der Waals surface area (Å²) in [6.45, 7) is 0.491. The van der Waals surface area contributed by atoms with E-state index in [1.165, 1.54) is 13.2 Å². The quantitative estimate of drug-likeness (QED) is 0.574. The van der Waals surface area contributed by atoms with E-state index in [2.05, 4.69) is 9.72 Å². The number of H-pyrrole nitrogens is 1. The Balaban J connectivity index is 1.89. The zero-order valence-corrected chi connectivity index (χ0v) is 12.8. The standard InChI is InChI=1S/C19H17NO3/c1-22-18(21)11-10-15-12-20-16-8-5-9-17(19(15)16)23-13-14-6-3-2-4-7-14/h2-12,20H,13H2,1H3/b11-10+. The summed E-state index contributed by atoms with van der Waals surface area (Å²) >= 11 is 0. The predicted molar refractivity (Wildman–Crippen MR) is 90.1 cm³/mol. The molecule has 0 spiro atoms. The maximum Gasteiger partial charge on any atom is 0.330 e. The number of aromatic amines is 1. The maximum atomic E-state index is 11.3. The van der Waals surface area contributed by atoms with Gasteiger partial charge in [0.15, 0.2) is 0 Å². The zero-order valence-electron chi connectivity index (χ0n) is 12.8. The molecule has 1 aromatic heterocycles. The molecule has 0 aliphatic rings. The summed E-state index contributed by atoms with van der Waals surface area (Å²) in [5.74, 6) is 0.388. The Morgan fingerprint density at radius 3 is 2.74 bits per heavy atom. The normalized spacial score (nSPS) is 11.0. The fourth-order valence-electron chi connectivity index (χ4n) is 2.39. The van der Waals surface area contributed by atoms with Gasteiger partial charge >= 0.3 is 5.97 Å². The number of methoxy groups -OCH3 is 1. The molecule has 0 atom stereocenters. The van der Waals surface area contributed by atoms with Crippen molar-refractivity contribution in [2.45, 2.75) is 6.61 Å². The fraction of sp³-hybridized carbons (Fsp3) is 0.105. The number of carbonyl (C=O) groups excluding carboxylic acids is 1. The van der Waals surface area contributed by atoms with Crippen LogP contribution < -0.4 is 4.74 Å². The lowest BCUT2D eigenvalue weighted by Crippen LogP contribution is -1.96. The molecule has 1 heterocycles. The van der Waals surface area contributed by atoms with Crippen LogP contribution in [0.15, 0.2) is 60.8 Å². The molecule has 4 heteroatoms. The monoisotopic (exact) mass is 307 g/mol. The third-order valence-corrected chi connectivity index (χ3v) is 3.54. The molecule has 0 saturated carbocycles. The van der Waals surface area contributed by atoms with Crippen molar-refractivity contribution in [3.8, 4) is 5.75 Å². The van der Waals surface area contributed by atoms with Gasteiger partial charge in [0.1, 0.15) is 12.4 Å². The predicted octanol–water partition coefficient (Wildman–Crippen LogP) is 3.93. The van der Waals surface area contributed by atoms with Crippen LogP contribution in [-0.4, -0.2) is 18.1 Å². The highest BCUT2D eigenvalue weighted by molar-refractivity contribution is 5.97. The molecule has 3 aromatic rings. The van der Waals surface area contributed by atoms with Crippen LogP contribution in [0.25, 0.3) is 17.0 Å². The molecule has 0 unspecified atom stereocenters. The number of hydrogen-bond acceptors (Lipinski definition) is 3. The summed E-state index contributed by atoms with van der Waals surface area (Å²) in [4.78, 5) is 14.5. The average molecular weight is 307 g/mol. The van der Waals surface area contributed by atoms with Gasteiger partial charge in [-0.3, -0.25) is 0 Å². The molecule has 0 radical (unpaired) electrons. The van der Waals surface area contributed by atoms with Gasteiger partial charge in [-0.05, 0) is 23.8 Å². The van der Waals surface area contributed by atoms with Gasteiger partial charge in [-0.25, -0.2) is 4.79 Å². The number of carbonyl (C=O) groups is 1. The van der Waals surface area contributed by atoms with Gasteiger partial charge in [-0.1, -0.05) is 36.4 Å². The third-order valence-electron chi connectivity index (χ3n) is 3.54. The molecule has 0 aliphatic carbocycles. The Morgan fingerprint density at radius 1 is 1.13 bits per heavy atom. The molecule has 0 bridgehead atoms. The van der Waals surface area contributed by atoms with Gasteiger partial charge in [0, 0.05) is 28.7 Å². The lowest BCUT2D eigenvalue weighted by Gasteiger charge is -2.08. The minimum absolute atomic E-state index is 0.387. The van der Waals surface area contributed by atoms with E-state index in [9.17, 15) is 4.79 Å². The Kier molecular flexibility index (Phi) is 4.43. The molecule has 116 valence electrons. The Bertz CT molecular complexity index is 834. The molecule has 0 fully saturated rings. The topological polar surface area (TPSA) is 51.3 Å². The van der Waals surface area contributed by atoms with Crippen LogP contribution in [0, 0.1) is 0 Å². The lowest BCUT2D eigenvalue weighted by atomic mass is 10.1. The number of ether oxygens (including phenoxy) is 2. The highest BCUT2D eigenvalue weighted by atomic mass is 16.5. The highest BCUT2D eigenvalue weighted by Crippen LogP contribution is 2.30. The summed E-state index contributed by atoms with van der Waals surface area (Å²) in [5.41, 5.74) is 2.95. The van der Waals surface area contributed by atoms with Crippen molar-refractivity contribution in [3.05, 3.63) is 71.9 Å². The van der Waals surface area contributed by atoms with E-state index in [4.69, 9.17) is 4.74 Å². The van der Waals surface area contributed by atoms with E-state index in [-0.39, 0.29) is 5.97 Å². The second-order valence-corrected chi connectivity index (χ2v) is 5.05. The first-order valence-electron chi connectivity index (χ1n) is 7.31. The van der Waals surface area contributed by atoms with E-state index < -0.39 is 0 Å². The summed E-state index contributed by atoms with van der Waals surface area (Å²) < 4.78 is 10.6. The van der Waals surface area contributed by atoms with Crippen LogP contribution in [0.1, 0.15) is 11.1 Å². The summed E-state index contributed by atoms with van der Waals surface area (Å²) in [6, 6.07) is 15.8. The molecule has 0 aliphatic heterocycles. The SMILES string of the molecule is COC(=O)/C=C/c1c[nH]c2cccc(OCc3ccccc3)c12. The molecule has 0 amide bonds. The summed E-state index contributed by atoms with van der Waals surface area (Å²) in [5, 5.41) is 0.948. The van der Waals surface area contributed by atoms with Crippen molar-refractivity contribution >= 4 is 22.9 Å². The number of benzene rings is 2. The molecule has 0 saturated heterocycles. The van der Waals surface area contributed by atoms with E-state index in [1.807, 2.05) is 54.7 Å². The van der Waals surface area contributed by atoms with Crippen LogP contribution in [0.3, 0.4) is 0 Å². The molecule has 23 heavy (non-hydrogen) atoms. The molecular weight excluding hydrogens is 290 g/mol. The Hall–Kier alpha value is -3.01. The van der Waals surface area contributed by atoms with Crippen molar-refractivity contribution in [1.82, 2.24) is 4.98 Å². The van der Waals surface area contributed by atoms with Crippen LogP contribution in [-0.2, 0) is 16.1 Å². The fourth-order valence-corrected chi connectivity index (χ4v) is 2.39. The number of nitrogens with one attached hydrogen (secondary N) is 1.